The Labute approximate surface area is 169 Å². The van der Waals surface area contributed by atoms with Gasteiger partial charge in [0.15, 0.2) is 0 Å². The Hall–Kier alpha value is -3.67. The summed E-state index contributed by atoms with van der Waals surface area (Å²) in [6.07, 6.45) is 5.05. The Morgan fingerprint density at radius 2 is 1.90 bits per heavy atom. The number of pyridine rings is 1. The highest BCUT2D eigenvalue weighted by molar-refractivity contribution is 6.06. The number of hydrogen-bond acceptors (Lipinski definition) is 4. The van der Waals surface area contributed by atoms with E-state index in [2.05, 4.69) is 46.7 Å². The summed E-state index contributed by atoms with van der Waals surface area (Å²) in [5.41, 5.74) is 5.23. The average Bonchev–Trinajstić information content (AvgIpc) is 3.10. The minimum absolute atomic E-state index is 0.194. The van der Waals surface area contributed by atoms with E-state index in [4.69, 9.17) is 0 Å². The molecule has 2 heterocycles. The molecule has 146 valence electrons. The first-order valence-electron chi connectivity index (χ1n) is 9.55. The Bertz CT molecular complexity index is 1160. The fourth-order valence-electron chi connectivity index (χ4n) is 3.20. The number of aryl methyl sites for hydroxylation is 1. The van der Waals surface area contributed by atoms with Crippen LogP contribution < -0.4 is 10.6 Å². The topological polar surface area (TPSA) is 71.8 Å². The van der Waals surface area contributed by atoms with E-state index in [0.29, 0.717) is 17.2 Å². The van der Waals surface area contributed by atoms with Crippen molar-refractivity contribution in [1.29, 1.82) is 0 Å². The summed E-state index contributed by atoms with van der Waals surface area (Å²) in [5, 5.41) is 11.8. The number of anilines is 3. The molecule has 4 rings (SSSR count). The lowest BCUT2D eigenvalue weighted by atomic mass is 10.0. The van der Waals surface area contributed by atoms with E-state index in [0.717, 1.165) is 22.3 Å². The summed E-state index contributed by atoms with van der Waals surface area (Å²) in [7, 11) is 1.92. The van der Waals surface area contributed by atoms with E-state index in [1.165, 1.54) is 5.56 Å². The number of nitrogens with zero attached hydrogens (tertiary/aromatic N) is 3. The molecule has 0 atom stereocenters. The van der Waals surface area contributed by atoms with Gasteiger partial charge in [-0.1, -0.05) is 19.9 Å². The highest BCUT2D eigenvalue weighted by Gasteiger charge is 2.12. The number of fused-ring (bicyclic) bond motifs is 1. The van der Waals surface area contributed by atoms with Gasteiger partial charge >= 0.3 is 0 Å². The van der Waals surface area contributed by atoms with Gasteiger partial charge in [0.05, 0.1) is 28.7 Å². The Morgan fingerprint density at radius 3 is 2.66 bits per heavy atom. The van der Waals surface area contributed by atoms with Crippen LogP contribution in [0.15, 0.2) is 67.1 Å². The fourth-order valence-corrected chi connectivity index (χ4v) is 3.20. The van der Waals surface area contributed by atoms with E-state index < -0.39 is 0 Å². The molecular weight excluding hydrogens is 362 g/mol. The fraction of sp³-hybridized carbons (Fsp3) is 0.174. The lowest BCUT2D eigenvalue weighted by molar-refractivity contribution is 0.102. The minimum Gasteiger partial charge on any atom is -0.354 e. The van der Waals surface area contributed by atoms with Gasteiger partial charge in [-0.05, 0) is 53.9 Å². The van der Waals surface area contributed by atoms with E-state index >= 15 is 0 Å². The second-order valence-corrected chi connectivity index (χ2v) is 7.32. The summed E-state index contributed by atoms with van der Waals surface area (Å²) in [4.78, 5) is 16.7. The number of rotatable bonds is 5. The molecule has 6 heteroatoms. The van der Waals surface area contributed by atoms with Crippen LogP contribution in [0.25, 0.3) is 10.9 Å². The summed E-state index contributed by atoms with van der Waals surface area (Å²) >= 11 is 0. The Kier molecular flexibility index (Phi) is 4.99. The maximum atomic E-state index is 12.6. The van der Waals surface area contributed by atoms with Crippen molar-refractivity contribution in [3.63, 3.8) is 0 Å². The zero-order valence-corrected chi connectivity index (χ0v) is 16.7. The molecule has 0 bridgehead atoms. The maximum Gasteiger partial charge on any atom is 0.257 e. The van der Waals surface area contributed by atoms with Crippen LogP contribution in [-0.4, -0.2) is 20.7 Å². The van der Waals surface area contributed by atoms with Crippen LogP contribution in [0.2, 0.25) is 0 Å². The lowest BCUT2D eigenvalue weighted by Crippen LogP contribution is -2.13. The second-order valence-electron chi connectivity index (χ2n) is 7.32. The predicted octanol–water partition coefficient (Wildman–Crippen LogP) is 5.09. The summed E-state index contributed by atoms with van der Waals surface area (Å²) in [6.45, 7) is 4.30. The van der Waals surface area contributed by atoms with Crippen molar-refractivity contribution in [2.75, 3.05) is 10.6 Å². The van der Waals surface area contributed by atoms with Crippen molar-refractivity contribution in [3.05, 3.63) is 78.2 Å². The predicted molar refractivity (Wildman–Crippen MR) is 117 cm³/mol. The van der Waals surface area contributed by atoms with Crippen LogP contribution in [0, 0.1) is 0 Å². The molecule has 0 radical (unpaired) electrons. The van der Waals surface area contributed by atoms with Gasteiger partial charge in [-0.3, -0.25) is 14.5 Å². The molecule has 0 unspecified atom stereocenters. The largest absolute Gasteiger partial charge is 0.354 e. The smallest absolute Gasteiger partial charge is 0.257 e. The molecule has 0 spiro atoms. The van der Waals surface area contributed by atoms with Crippen LogP contribution in [0.4, 0.5) is 17.1 Å². The Morgan fingerprint density at radius 1 is 1.03 bits per heavy atom. The van der Waals surface area contributed by atoms with Crippen LogP contribution in [0.1, 0.15) is 35.7 Å². The summed E-state index contributed by atoms with van der Waals surface area (Å²) in [5.74, 6) is 0.179. The average molecular weight is 385 g/mol. The zero-order valence-electron chi connectivity index (χ0n) is 16.7. The van der Waals surface area contributed by atoms with Crippen molar-refractivity contribution in [3.8, 4) is 0 Å². The molecule has 0 aliphatic carbocycles. The van der Waals surface area contributed by atoms with Crippen molar-refractivity contribution >= 4 is 33.9 Å². The molecule has 2 N–H and O–H groups in total. The van der Waals surface area contributed by atoms with Crippen molar-refractivity contribution < 1.29 is 4.79 Å². The van der Waals surface area contributed by atoms with E-state index in [1.54, 1.807) is 24.5 Å². The molecule has 0 aliphatic rings. The van der Waals surface area contributed by atoms with E-state index in [-0.39, 0.29) is 5.91 Å². The van der Waals surface area contributed by atoms with Gasteiger partial charge in [-0.15, -0.1) is 0 Å². The normalized spacial score (nSPS) is 11.0. The standard InChI is InChI=1S/C23H23N5O/c1-15(2)16-7-9-20(27-23(29)18-5-4-10-24-13-18)21(11-16)26-19-8-6-17-14-25-28(3)22(17)12-19/h4-15,26H,1-3H3,(H,27,29). The van der Waals surface area contributed by atoms with Gasteiger partial charge in [0.25, 0.3) is 5.91 Å². The number of amides is 1. The second kappa shape index (κ2) is 7.75. The third-order valence-corrected chi connectivity index (χ3v) is 4.91. The molecule has 0 saturated heterocycles. The quantitative estimate of drug-likeness (QED) is 0.502. The van der Waals surface area contributed by atoms with Crippen LogP contribution in [0.3, 0.4) is 0 Å². The van der Waals surface area contributed by atoms with Crippen molar-refractivity contribution in [2.45, 2.75) is 19.8 Å². The van der Waals surface area contributed by atoms with Gasteiger partial charge < -0.3 is 10.6 Å². The number of benzene rings is 2. The molecule has 2 aromatic heterocycles. The van der Waals surface area contributed by atoms with Crippen LogP contribution >= 0.6 is 0 Å². The first-order valence-corrected chi connectivity index (χ1v) is 9.55. The van der Waals surface area contributed by atoms with Gasteiger partial charge in [0.2, 0.25) is 0 Å². The molecule has 0 saturated carbocycles. The van der Waals surface area contributed by atoms with Crippen molar-refractivity contribution in [1.82, 2.24) is 14.8 Å². The minimum atomic E-state index is -0.194. The monoisotopic (exact) mass is 385 g/mol. The molecule has 0 aliphatic heterocycles. The third kappa shape index (κ3) is 3.96. The SMILES string of the molecule is CC(C)c1ccc(NC(=O)c2cccnc2)c(Nc2ccc3cnn(C)c3c2)c1. The molecule has 2 aromatic carbocycles. The molecule has 4 aromatic rings. The first kappa shape index (κ1) is 18.7. The highest BCUT2D eigenvalue weighted by atomic mass is 16.1. The van der Waals surface area contributed by atoms with Crippen LogP contribution in [-0.2, 0) is 7.05 Å². The maximum absolute atomic E-state index is 12.6. The number of hydrogen-bond donors (Lipinski definition) is 2. The van der Waals surface area contributed by atoms with Gasteiger partial charge in [0, 0.05) is 30.5 Å². The highest BCUT2D eigenvalue weighted by Crippen LogP contribution is 2.31. The van der Waals surface area contributed by atoms with Crippen molar-refractivity contribution in [2.24, 2.45) is 7.05 Å². The first-order chi connectivity index (χ1) is 14.0. The third-order valence-electron chi connectivity index (χ3n) is 4.91. The number of nitrogens with one attached hydrogen (secondary N) is 2. The molecule has 29 heavy (non-hydrogen) atoms. The molecular formula is C23H23N5O. The summed E-state index contributed by atoms with van der Waals surface area (Å²) < 4.78 is 1.84. The summed E-state index contributed by atoms with van der Waals surface area (Å²) in [6, 6.07) is 15.7. The van der Waals surface area contributed by atoms with Gasteiger partial charge in [0.1, 0.15) is 0 Å². The zero-order chi connectivity index (χ0) is 20.4. The van der Waals surface area contributed by atoms with Crippen LogP contribution in [0.5, 0.6) is 0 Å². The number of aromatic nitrogens is 3. The van der Waals surface area contributed by atoms with E-state index in [1.807, 2.05) is 42.2 Å². The number of carbonyl (C=O) groups is 1. The number of carbonyl (C=O) groups excluding carboxylic acids is 1. The molecule has 0 fully saturated rings. The molecule has 6 nitrogen and oxygen atoms in total. The molecule has 1 amide bonds. The van der Waals surface area contributed by atoms with E-state index in [9.17, 15) is 4.79 Å². The Balaban J connectivity index is 1.68. The van der Waals surface area contributed by atoms with Gasteiger partial charge in [-0.25, -0.2) is 0 Å². The van der Waals surface area contributed by atoms with Gasteiger partial charge in [-0.2, -0.15) is 5.10 Å². The lowest BCUT2D eigenvalue weighted by Gasteiger charge is -2.16.